The molecule has 0 spiro atoms. The lowest BCUT2D eigenvalue weighted by molar-refractivity contribution is -0.359. The lowest BCUT2D eigenvalue weighted by Crippen LogP contribution is -2.65. The third kappa shape index (κ3) is 39.7. The fourth-order valence-corrected chi connectivity index (χ4v) is 10.9. The van der Waals surface area contributed by atoms with Gasteiger partial charge in [0.05, 0.1) is 32.0 Å². The van der Waals surface area contributed by atoms with Crippen molar-refractivity contribution in [3.63, 3.8) is 0 Å². The van der Waals surface area contributed by atoms with Gasteiger partial charge in [0.2, 0.25) is 5.91 Å². The van der Waals surface area contributed by atoms with Gasteiger partial charge in [-0.25, -0.2) is 0 Å². The van der Waals surface area contributed by atoms with Crippen molar-refractivity contribution < 1.29 is 64.6 Å². The molecule has 2 rings (SSSR count). The van der Waals surface area contributed by atoms with Crippen molar-refractivity contribution in [1.29, 1.82) is 0 Å². The van der Waals surface area contributed by atoms with Crippen LogP contribution in [-0.2, 0) is 23.7 Å². The van der Waals surface area contributed by atoms with Crippen LogP contribution < -0.4 is 5.32 Å². The number of aliphatic hydroxyl groups is 8. The number of allylic oxidation sites excluding steroid dienone is 13. The predicted octanol–water partition coefficient (Wildman–Crippen LogP) is 13.6. The van der Waals surface area contributed by atoms with E-state index in [9.17, 15) is 45.6 Å². The van der Waals surface area contributed by atoms with Gasteiger partial charge in [0.25, 0.3) is 0 Å². The molecule has 2 aliphatic heterocycles. The van der Waals surface area contributed by atoms with E-state index in [1.165, 1.54) is 167 Å². The van der Waals surface area contributed by atoms with Crippen LogP contribution >= 0.6 is 0 Å². The van der Waals surface area contributed by atoms with Crippen molar-refractivity contribution >= 4 is 5.91 Å². The Hall–Kier alpha value is -2.83. The summed E-state index contributed by atoms with van der Waals surface area (Å²) < 4.78 is 22.7. The molecule has 0 aliphatic carbocycles. The smallest absolute Gasteiger partial charge is 0.220 e. The van der Waals surface area contributed by atoms with Crippen molar-refractivity contribution in [2.75, 3.05) is 19.8 Å². The minimum atomic E-state index is -1.79. The molecule has 14 nitrogen and oxygen atoms in total. The highest BCUT2D eigenvalue weighted by Gasteiger charge is 2.51. The number of hydrogen-bond acceptors (Lipinski definition) is 13. The Morgan fingerprint density at radius 3 is 1.29 bits per heavy atom. The van der Waals surface area contributed by atoms with Crippen molar-refractivity contribution in [2.24, 2.45) is 0 Å². The van der Waals surface area contributed by atoms with E-state index >= 15 is 0 Å². The highest BCUT2D eigenvalue weighted by atomic mass is 16.7. The number of carbonyl (C=O) groups excluding carboxylic acids is 1. The Labute approximate surface area is 516 Å². The average Bonchev–Trinajstić information content (AvgIpc) is 2.93. The van der Waals surface area contributed by atoms with Crippen LogP contribution in [0.5, 0.6) is 0 Å². The summed E-state index contributed by atoms with van der Waals surface area (Å²) in [5, 5.41) is 87.0. The molecule has 492 valence electrons. The number of aliphatic hydroxyl groups excluding tert-OH is 8. The molecule has 2 heterocycles. The van der Waals surface area contributed by atoms with Gasteiger partial charge >= 0.3 is 0 Å². The highest BCUT2D eigenvalue weighted by Crippen LogP contribution is 2.30. The third-order valence-electron chi connectivity index (χ3n) is 16.3. The maximum absolute atomic E-state index is 13.2. The Morgan fingerprint density at radius 2 is 0.824 bits per heavy atom. The van der Waals surface area contributed by atoms with Gasteiger partial charge in [0, 0.05) is 6.42 Å². The summed E-state index contributed by atoms with van der Waals surface area (Å²) in [5.41, 5.74) is 0. The normalized spacial score (nSPS) is 24.1. The maximum Gasteiger partial charge on any atom is 0.220 e. The molecule has 0 bridgehead atoms. The molecule has 2 aliphatic rings. The molecule has 2 saturated heterocycles. The van der Waals surface area contributed by atoms with Crippen LogP contribution in [0.3, 0.4) is 0 Å². The molecule has 0 saturated carbocycles. The van der Waals surface area contributed by atoms with Crippen LogP contribution in [-0.4, -0.2) is 140 Å². The summed E-state index contributed by atoms with van der Waals surface area (Å²) in [6, 6.07) is -0.931. The number of nitrogens with one attached hydrogen (secondary N) is 1. The van der Waals surface area contributed by atoms with Gasteiger partial charge in [-0.1, -0.05) is 266 Å². The van der Waals surface area contributed by atoms with Gasteiger partial charge in [-0.3, -0.25) is 4.79 Å². The Kier molecular flexibility index (Phi) is 50.9. The molecule has 2 fully saturated rings. The van der Waals surface area contributed by atoms with Crippen molar-refractivity contribution in [3.05, 3.63) is 85.1 Å². The molecular formula is C71H125NO13. The van der Waals surface area contributed by atoms with Crippen LogP contribution in [0.4, 0.5) is 0 Å². The van der Waals surface area contributed by atoms with Crippen molar-refractivity contribution in [2.45, 2.75) is 338 Å². The fraction of sp³-hybridized carbons (Fsp3) is 0.789. The maximum atomic E-state index is 13.2. The van der Waals surface area contributed by atoms with Gasteiger partial charge in [-0.15, -0.1) is 0 Å². The van der Waals surface area contributed by atoms with Gasteiger partial charge in [-0.05, 0) is 77.0 Å². The zero-order valence-electron chi connectivity index (χ0n) is 53.3. The standard InChI is InChI=1S/C71H125NO13/c1-3-5-7-9-11-13-15-16-17-18-19-20-21-22-23-24-25-26-27-28-29-30-31-32-33-34-35-36-37-38-39-40-41-42-43-44-45-47-49-51-53-55-63(76)72-59(60(75)54-52-50-48-46-14-12-10-8-6-4-2)58-82-70-68(81)66(79)69(62(57-74)84-70)85-71-67(80)65(78)64(77)61(56-73)83-71/h5,7,11,13-14,16-17,19-20,22-23,46,52,54,59-62,64-71,73-75,77-81H,3-4,6,8-10,12,15,18,21,24-45,47-51,53,55-58H2,1-2H3,(H,72,76)/b7-5-,13-11-,17-16-,20-19-,23-22-,46-14+,54-52+. The second kappa shape index (κ2) is 55.3. The molecule has 0 aromatic rings. The molecular weight excluding hydrogens is 1070 g/mol. The predicted molar refractivity (Wildman–Crippen MR) is 346 cm³/mol. The zero-order chi connectivity index (χ0) is 61.6. The van der Waals surface area contributed by atoms with E-state index in [-0.39, 0.29) is 18.9 Å². The number of unbranched alkanes of at least 4 members (excludes halogenated alkanes) is 30. The van der Waals surface area contributed by atoms with Gasteiger partial charge < -0.3 is 65.1 Å². The average molecular weight is 1200 g/mol. The summed E-state index contributed by atoms with van der Waals surface area (Å²) >= 11 is 0. The lowest BCUT2D eigenvalue weighted by atomic mass is 9.97. The van der Waals surface area contributed by atoms with Gasteiger partial charge in [-0.2, -0.15) is 0 Å². The number of carbonyl (C=O) groups is 1. The first-order valence-corrected chi connectivity index (χ1v) is 34.3. The van der Waals surface area contributed by atoms with E-state index in [0.717, 1.165) is 64.2 Å². The highest BCUT2D eigenvalue weighted by molar-refractivity contribution is 5.76. The van der Waals surface area contributed by atoms with Crippen LogP contribution in [0.15, 0.2) is 85.1 Å². The van der Waals surface area contributed by atoms with E-state index in [1.807, 2.05) is 6.08 Å². The molecule has 12 unspecified atom stereocenters. The summed E-state index contributed by atoms with van der Waals surface area (Å²) in [4.78, 5) is 13.2. The zero-order valence-corrected chi connectivity index (χ0v) is 53.3. The van der Waals surface area contributed by atoms with E-state index in [1.54, 1.807) is 6.08 Å². The van der Waals surface area contributed by atoms with E-state index < -0.39 is 86.8 Å². The summed E-state index contributed by atoms with van der Waals surface area (Å²) in [6.07, 6.45) is 59.8. The van der Waals surface area contributed by atoms with Crippen molar-refractivity contribution in [1.82, 2.24) is 5.32 Å². The first-order chi connectivity index (χ1) is 41.6. The van der Waals surface area contributed by atoms with Gasteiger partial charge in [0.15, 0.2) is 12.6 Å². The summed E-state index contributed by atoms with van der Waals surface area (Å²) in [6.45, 7) is 2.62. The Balaban J connectivity index is 1.51. The minimum Gasteiger partial charge on any atom is -0.394 e. The number of rotatable bonds is 55. The van der Waals surface area contributed by atoms with Crippen LogP contribution in [0, 0.1) is 0 Å². The number of amides is 1. The monoisotopic (exact) mass is 1200 g/mol. The first-order valence-electron chi connectivity index (χ1n) is 34.3. The van der Waals surface area contributed by atoms with E-state index in [2.05, 4.69) is 92.1 Å². The van der Waals surface area contributed by atoms with Crippen molar-refractivity contribution in [3.8, 4) is 0 Å². The molecule has 14 heteroatoms. The van der Waals surface area contributed by atoms with Crippen LogP contribution in [0.1, 0.15) is 264 Å². The Morgan fingerprint density at radius 1 is 0.435 bits per heavy atom. The second-order valence-electron chi connectivity index (χ2n) is 23.9. The summed E-state index contributed by atoms with van der Waals surface area (Å²) in [5.74, 6) is -0.249. The Bertz CT molecular complexity index is 1750. The lowest BCUT2D eigenvalue weighted by Gasteiger charge is -2.46. The number of ether oxygens (including phenoxy) is 4. The molecule has 1 amide bonds. The molecule has 85 heavy (non-hydrogen) atoms. The minimum absolute atomic E-state index is 0.249. The second-order valence-corrected chi connectivity index (χ2v) is 23.9. The molecule has 12 atom stereocenters. The molecule has 0 aromatic heterocycles. The largest absolute Gasteiger partial charge is 0.394 e. The van der Waals surface area contributed by atoms with E-state index in [4.69, 9.17) is 18.9 Å². The molecule has 0 radical (unpaired) electrons. The summed E-state index contributed by atoms with van der Waals surface area (Å²) in [7, 11) is 0. The first kappa shape index (κ1) is 78.3. The van der Waals surface area contributed by atoms with Crippen LogP contribution in [0.25, 0.3) is 0 Å². The van der Waals surface area contributed by atoms with E-state index in [0.29, 0.717) is 12.8 Å². The quantitative estimate of drug-likeness (QED) is 0.0204. The molecule has 0 aromatic carbocycles. The van der Waals surface area contributed by atoms with Gasteiger partial charge in [0.1, 0.15) is 48.8 Å². The fourth-order valence-electron chi connectivity index (χ4n) is 10.9. The topological polar surface area (TPSA) is 228 Å². The van der Waals surface area contributed by atoms with Crippen LogP contribution in [0.2, 0.25) is 0 Å². The number of hydrogen-bond donors (Lipinski definition) is 9. The molecule has 9 N–H and O–H groups in total. The third-order valence-corrected chi connectivity index (χ3v) is 16.3. The SMILES string of the molecule is CC/C=C\C/C=C\C/C=C\C/C=C\C/C=C\CCCCCCCCCCCCCCCCCCCCCCCCCCCC(=O)NC(COC1OC(CO)C(OC2OC(CO)C(O)C(O)C2O)C(O)C1O)C(O)/C=C/CC/C=C/CCCCCC.